The molecule has 2 rings (SSSR count). The predicted octanol–water partition coefficient (Wildman–Crippen LogP) is 1.98. The Morgan fingerprint density at radius 3 is 2.76 bits per heavy atom. The van der Waals surface area contributed by atoms with Crippen molar-refractivity contribution in [2.24, 2.45) is 0 Å². The molecule has 1 saturated heterocycles. The number of methoxy groups -OCH3 is 1. The molecule has 5 heteroatoms. The van der Waals surface area contributed by atoms with E-state index in [1.165, 1.54) is 7.11 Å². The lowest BCUT2D eigenvalue weighted by Crippen LogP contribution is -2.58. The first-order valence-electron chi connectivity index (χ1n) is 7.18. The van der Waals surface area contributed by atoms with Gasteiger partial charge in [-0.1, -0.05) is 37.3 Å². The molecule has 5 nitrogen and oxygen atoms in total. The molecule has 114 valence electrons. The van der Waals surface area contributed by atoms with Gasteiger partial charge in [-0.3, -0.25) is 14.9 Å². The van der Waals surface area contributed by atoms with Crippen molar-refractivity contribution in [3.05, 3.63) is 35.9 Å². The quantitative estimate of drug-likeness (QED) is 0.840. The van der Waals surface area contributed by atoms with Crippen molar-refractivity contribution in [1.82, 2.24) is 5.32 Å². The van der Waals surface area contributed by atoms with Crippen LogP contribution < -0.4 is 5.32 Å². The molecule has 1 aromatic rings. The molecule has 1 N–H and O–H groups in total. The number of benzene rings is 1. The molecular weight excluding hydrogens is 270 g/mol. The fourth-order valence-corrected chi connectivity index (χ4v) is 2.61. The Hall–Kier alpha value is -1.88. The molecule has 0 aliphatic carbocycles. The van der Waals surface area contributed by atoms with Crippen LogP contribution in [0.1, 0.15) is 37.8 Å². The molecule has 1 aliphatic rings. The number of nitrogens with one attached hydrogen (secondary N) is 1. The number of carbonyl (C=O) groups excluding carboxylic acids is 2. The lowest BCUT2D eigenvalue weighted by molar-refractivity contribution is -0.160. The molecule has 1 heterocycles. The van der Waals surface area contributed by atoms with Crippen LogP contribution in [0.2, 0.25) is 0 Å². The van der Waals surface area contributed by atoms with Crippen LogP contribution in [0, 0.1) is 0 Å². The van der Waals surface area contributed by atoms with E-state index in [0.29, 0.717) is 19.4 Å². The number of ether oxygens (including phenoxy) is 2. The van der Waals surface area contributed by atoms with Crippen LogP contribution in [-0.4, -0.2) is 31.2 Å². The number of cyclic esters (lactones) is 1. The Balaban J connectivity index is 2.14. The summed E-state index contributed by atoms with van der Waals surface area (Å²) in [6, 6.07) is 9.80. The van der Waals surface area contributed by atoms with Crippen LogP contribution in [0.15, 0.2) is 30.3 Å². The maximum atomic E-state index is 12.2. The summed E-state index contributed by atoms with van der Waals surface area (Å²) in [6.45, 7) is 2.22. The third-order valence-electron chi connectivity index (χ3n) is 4.01. The number of morpholine rings is 1. The number of rotatable bonds is 5. The number of hydrogen-bond acceptors (Lipinski definition) is 5. The highest BCUT2D eigenvalue weighted by molar-refractivity contribution is 5.82. The van der Waals surface area contributed by atoms with Crippen molar-refractivity contribution in [3.63, 3.8) is 0 Å². The van der Waals surface area contributed by atoms with Gasteiger partial charge in [0.1, 0.15) is 12.1 Å². The molecule has 21 heavy (non-hydrogen) atoms. The van der Waals surface area contributed by atoms with Gasteiger partial charge in [-0.05, 0) is 18.4 Å². The molecule has 2 atom stereocenters. The van der Waals surface area contributed by atoms with Gasteiger partial charge in [-0.2, -0.15) is 0 Å². The molecule has 1 aliphatic heterocycles. The summed E-state index contributed by atoms with van der Waals surface area (Å²) in [5.41, 5.74) is 0.244. The second-order valence-corrected chi connectivity index (χ2v) is 5.22. The van der Waals surface area contributed by atoms with Crippen LogP contribution in [-0.2, 0) is 19.1 Å². The number of esters is 2. The van der Waals surface area contributed by atoms with Crippen molar-refractivity contribution >= 4 is 11.9 Å². The lowest BCUT2D eigenvalue weighted by Gasteiger charge is -2.40. The zero-order chi connectivity index (χ0) is 15.3. The van der Waals surface area contributed by atoms with Crippen molar-refractivity contribution in [2.45, 2.75) is 37.8 Å². The fourth-order valence-electron chi connectivity index (χ4n) is 2.61. The van der Waals surface area contributed by atoms with E-state index in [4.69, 9.17) is 4.74 Å². The summed E-state index contributed by atoms with van der Waals surface area (Å²) < 4.78 is 10.0. The maximum absolute atomic E-state index is 12.2. The molecule has 1 fully saturated rings. The second kappa shape index (κ2) is 6.72. The molecule has 0 saturated carbocycles. The largest absolute Gasteiger partial charge is 0.469 e. The van der Waals surface area contributed by atoms with Gasteiger partial charge in [0.25, 0.3) is 0 Å². The zero-order valence-corrected chi connectivity index (χ0v) is 12.4. The smallest absolute Gasteiger partial charge is 0.326 e. The zero-order valence-electron chi connectivity index (χ0n) is 12.4. The van der Waals surface area contributed by atoms with Gasteiger partial charge in [0.2, 0.25) is 0 Å². The Morgan fingerprint density at radius 1 is 1.43 bits per heavy atom. The lowest BCUT2D eigenvalue weighted by atomic mass is 9.87. The number of carbonyl (C=O) groups is 2. The Morgan fingerprint density at radius 2 is 2.14 bits per heavy atom. The van der Waals surface area contributed by atoms with E-state index in [0.717, 1.165) is 5.56 Å². The normalized spacial score (nSPS) is 25.2. The minimum atomic E-state index is -0.826. The first kappa shape index (κ1) is 15.5. The average molecular weight is 291 g/mol. The van der Waals surface area contributed by atoms with E-state index >= 15 is 0 Å². The van der Waals surface area contributed by atoms with Gasteiger partial charge in [-0.15, -0.1) is 0 Å². The SMILES string of the molecule is CC[C@]1(CCC(=O)OC)N[C@@H](c2ccccc2)COC1=O. The third kappa shape index (κ3) is 3.42. The van der Waals surface area contributed by atoms with Crippen LogP contribution in [0.25, 0.3) is 0 Å². The van der Waals surface area contributed by atoms with Crippen molar-refractivity contribution in [3.8, 4) is 0 Å². The van der Waals surface area contributed by atoms with Gasteiger partial charge in [0, 0.05) is 6.42 Å². The van der Waals surface area contributed by atoms with E-state index in [9.17, 15) is 9.59 Å². The molecule has 1 aromatic carbocycles. The highest BCUT2D eigenvalue weighted by Crippen LogP contribution is 2.29. The van der Waals surface area contributed by atoms with Crippen molar-refractivity contribution < 1.29 is 19.1 Å². The van der Waals surface area contributed by atoms with Crippen molar-refractivity contribution in [1.29, 1.82) is 0 Å². The second-order valence-electron chi connectivity index (χ2n) is 5.22. The van der Waals surface area contributed by atoms with Gasteiger partial charge in [-0.25, -0.2) is 0 Å². The fraction of sp³-hybridized carbons (Fsp3) is 0.500. The van der Waals surface area contributed by atoms with Crippen LogP contribution in [0.5, 0.6) is 0 Å². The predicted molar refractivity (Wildman–Crippen MR) is 77.5 cm³/mol. The van der Waals surface area contributed by atoms with Gasteiger partial charge in [0.05, 0.1) is 13.2 Å². The Kier molecular flexibility index (Phi) is 4.96. The summed E-state index contributed by atoms with van der Waals surface area (Å²) >= 11 is 0. The van der Waals surface area contributed by atoms with Gasteiger partial charge >= 0.3 is 11.9 Å². The molecular formula is C16H21NO4. The Labute approximate surface area is 124 Å². The summed E-state index contributed by atoms with van der Waals surface area (Å²) in [5.74, 6) is -0.611. The van der Waals surface area contributed by atoms with Crippen molar-refractivity contribution in [2.75, 3.05) is 13.7 Å². The van der Waals surface area contributed by atoms with Gasteiger partial charge < -0.3 is 9.47 Å². The van der Waals surface area contributed by atoms with E-state index in [2.05, 4.69) is 10.1 Å². The molecule has 0 amide bonds. The van der Waals surface area contributed by atoms with E-state index in [-0.39, 0.29) is 24.4 Å². The summed E-state index contributed by atoms with van der Waals surface area (Å²) in [7, 11) is 1.35. The topological polar surface area (TPSA) is 64.6 Å². The van der Waals surface area contributed by atoms with E-state index in [1.54, 1.807) is 0 Å². The molecule has 0 unspecified atom stereocenters. The first-order valence-corrected chi connectivity index (χ1v) is 7.18. The minimum Gasteiger partial charge on any atom is -0.469 e. The highest BCUT2D eigenvalue weighted by Gasteiger charge is 2.44. The molecule has 0 bridgehead atoms. The first-order chi connectivity index (χ1) is 10.1. The Bertz CT molecular complexity index is 502. The third-order valence-corrected chi connectivity index (χ3v) is 4.01. The van der Waals surface area contributed by atoms with Crippen LogP contribution in [0.4, 0.5) is 0 Å². The average Bonchev–Trinajstić information content (AvgIpc) is 2.55. The summed E-state index contributed by atoms with van der Waals surface area (Å²) in [4.78, 5) is 23.6. The standard InChI is InChI=1S/C16H21NO4/c1-3-16(10-9-14(18)20-2)15(19)21-11-13(17-16)12-7-5-4-6-8-12/h4-8,13,17H,3,9-11H2,1-2H3/t13-,16-/m1/s1. The van der Waals surface area contributed by atoms with E-state index < -0.39 is 5.54 Å². The molecule has 0 radical (unpaired) electrons. The summed E-state index contributed by atoms with van der Waals surface area (Å²) in [5, 5.41) is 3.38. The molecule has 0 aromatic heterocycles. The highest BCUT2D eigenvalue weighted by atomic mass is 16.5. The van der Waals surface area contributed by atoms with E-state index in [1.807, 2.05) is 37.3 Å². The minimum absolute atomic E-state index is 0.0542. The summed E-state index contributed by atoms with van der Waals surface area (Å²) in [6.07, 6.45) is 1.12. The van der Waals surface area contributed by atoms with Crippen LogP contribution in [0.3, 0.4) is 0 Å². The monoisotopic (exact) mass is 291 g/mol. The maximum Gasteiger partial charge on any atom is 0.326 e. The molecule has 0 spiro atoms. The van der Waals surface area contributed by atoms with Gasteiger partial charge in [0.15, 0.2) is 0 Å². The number of hydrogen-bond donors (Lipinski definition) is 1. The van der Waals surface area contributed by atoms with Crippen LogP contribution >= 0.6 is 0 Å².